The molecule has 2 aromatic carbocycles. The SMILES string of the molecule is Cc1ccc(O[C@H]2C=C[C@@H](c3ccc4c(c3)OCO4)O[C@@H]2CO)cc1C. The molecule has 136 valence electrons. The molecule has 0 unspecified atom stereocenters. The molecule has 2 aliphatic heterocycles. The first kappa shape index (κ1) is 16.9. The molecule has 26 heavy (non-hydrogen) atoms. The number of ether oxygens (including phenoxy) is 4. The summed E-state index contributed by atoms with van der Waals surface area (Å²) in [5.41, 5.74) is 3.34. The molecule has 0 saturated carbocycles. The third kappa shape index (κ3) is 3.28. The van der Waals surface area contributed by atoms with Crippen LogP contribution in [0.15, 0.2) is 48.6 Å². The molecule has 0 spiro atoms. The molecule has 0 fully saturated rings. The highest BCUT2D eigenvalue weighted by Crippen LogP contribution is 2.37. The molecule has 3 atom stereocenters. The maximum absolute atomic E-state index is 9.77. The largest absolute Gasteiger partial charge is 0.484 e. The highest BCUT2D eigenvalue weighted by molar-refractivity contribution is 5.46. The minimum Gasteiger partial charge on any atom is -0.484 e. The van der Waals surface area contributed by atoms with Crippen molar-refractivity contribution in [3.05, 3.63) is 65.2 Å². The molecule has 4 rings (SSSR count). The Morgan fingerprint density at radius 1 is 1.00 bits per heavy atom. The van der Waals surface area contributed by atoms with Crippen LogP contribution in [0.5, 0.6) is 17.2 Å². The fraction of sp³-hybridized carbons (Fsp3) is 0.333. The number of aryl methyl sites for hydroxylation is 2. The van der Waals surface area contributed by atoms with Gasteiger partial charge in [0.2, 0.25) is 6.79 Å². The van der Waals surface area contributed by atoms with Crippen LogP contribution in [0.2, 0.25) is 0 Å². The van der Waals surface area contributed by atoms with Gasteiger partial charge in [-0.2, -0.15) is 0 Å². The van der Waals surface area contributed by atoms with Gasteiger partial charge in [-0.15, -0.1) is 0 Å². The van der Waals surface area contributed by atoms with Gasteiger partial charge in [0.1, 0.15) is 24.1 Å². The van der Waals surface area contributed by atoms with Gasteiger partial charge in [-0.05, 0) is 60.9 Å². The second kappa shape index (κ2) is 7.02. The minimum absolute atomic E-state index is 0.124. The Morgan fingerprint density at radius 3 is 2.65 bits per heavy atom. The number of benzene rings is 2. The fourth-order valence-corrected chi connectivity index (χ4v) is 3.13. The molecule has 5 heteroatoms. The van der Waals surface area contributed by atoms with Crippen LogP contribution in [-0.4, -0.2) is 30.7 Å². The van der Waals surface area contributed by atoms with E-state index >= 15 is 0 Å². The van der Waals surface area contributed by atoms with E-state index in [0.717, 1.165) is 17.1 Å². The Kier molecular flexibility index (Phi) is 4.57. The van der Waals surface area contributed by atoms with Crippen LogP contribution in [0.3, 0.4) is 0 Å². The first-order valence-electron chi connectivity index (χ1n) is 8.72. The second-order valence-electron chi connectivity index (χ2n) is 6.60. The lowest BCUT2D eigenvalue weighted by atomic mass is 10.0. The summed E-state index contributed by atoms with van der Waals surface area (Å²) in [6.07, 6.45) is 2.86. The molecule has 0 radical (unpaired) electrons. The van der Waals surface area contributed by atoms with Gasteiger partial charge in [-0.3, -0.25) is 0 Å². The zero-order valence-corrected chi connectivity index (χ0v) is 14.8. The molecule has 0 aliphatic carbocycles. The van der Waals surface area contributed by atoms with Gasteiger partial charge in [0, 0.05) is 0 Å². The quantitative estimate of drug-likeness (QED) is 0.852. The van der Waals surface area contributed by atoms with Crippen LogP contribution in [0.4, 0.5) is 0 Å². The van der Waals surface area contributed by atoms with E-state index in [4.69, 9.17) is 18.9 Å². The van der Waals surface area contributed by atoms with Crippen molar-refractivity contribution < 1.29 is 24.1 Å². The van der Waals surface area contributed by atoms with Gasteiger partial charge in [-0.1, -0.05) is 18.2 Å². The van der Waals surface area contributed by atoms with Crippen molar-refractivity contribution >= 4 is 0 Å². The highest BCUT2D eigenvalue weighted by atomic mass is 16.7. The summed E-state index contributed by atoms with van der Waals surface area (Å²) in [6, 6.07) is 11.7. The van der Waals surface area contributed by atoms with E-state index in [9.17, 15) is 5.11 Å². The Labute approximate surface area is 152 Å². The first-order chi connectivity index (χ1) is 12.6. The molecule has 0 bridgehead atoms. The number of rotatable bonds is 4. The van der Waals surface area contributed by atoms with Gasteiger partial charge < -0.3 is 24.1 Å². The Bertz CT molecular complexity index is 829. The molecule has 1 N–H and O–H groups in total. The van der Waals surface area contributed by atoms with Crippen molar-refractivity contribution in [2.24, 2.45) is 0 Å². The zero-order valence-electron chi connectivity index (χ0n) is 14.8. The van der Waals surface area contributed by atoms with E-state index in [-0.39, 0.29) is 25.6 Å². The summed E-state index contributed by atoms with van der Waals surface area (Å²) in [5, 5.41) is 9.77. The average Bonchev–Trinajstić information content (AvgIpc) is 3.13. The number of aliphatic hydroxyl groups excluding tert-OH is 1. The average molecular weight is 354 g/mol. The van der Waals surface area contributed by atoms with E-state index < -0.39 is 6.10 Å². The molecule has 0 aromatic heterocycles. The number of aliphatic hydroxyl groups is 1. The summed E-state index contributed by atoms with van der Waals surface area (Å²) in [4.78, 5) is 0. The topological polar surface area (TPSA) is 57.2 Å². The second-order valence-corrected chi connectivity index (χ2v) is 6.60. The molecule has 2 heterocycles. The summed E-state index contributed by atoms with van der Waals surface area (Å²) in [5.74, 6) is 2.23. The van der Waals surface area contributed by atoms with Crippen LogP contribution >= 0.6 is 0 Å². The molecular formula is C21H22O5. The van der Waals surface area contributed by atoms with Gasteiger partial charge in [0.05, 0.1) is 6.61 Å². The van der Waals surface area contributed by atoms with E-state index in [1.165, 1.54) is 11.1 Å². The smallest absolute Gasteiger partial charge is 0.231 e. The molecule has 5 nitrogen and oxygen atoms in total. The monoisotopic (exact) mass is 354 g/mol. The van der Waals surface area contributed by atoms with E-state index in [1.54, 1.807) is 0 Å². The third-order valence-electron chi connectivity index (χ3n) is 4.82. The molecule has 0 amide bonds. The van der Waals surface area contributed by atoms with Crippen molar-refractivity contribution in [2.45, 2.75) is 32.2 Å². The van der Waals surface area contributed by atoms with Crippen molar-refractivity contribution in [3.63, 3.8) is 0 Å². The van der Waals surface area contributed by atoms with Crippen molar-refractivity contribution in [2.75, 3.05) is 13.4 Å². The number of hydrogen-bond donors (Lipinski definition) is 1. The molecule has 2 aliphatic rings. The van der Waals surface area contributed by atoms with Crippen molar-refractivity contribution in [1.82, 2.24) is 0 Å². The van der Waals surface area contributed by atoms with Crippen LogP contribution in [0.1, 0.15) is 22.8 Å². The predicted molar refractivity (Wildman–Crippen MR) is 96.7 cm³/mol. The van der Waals surface area contributed by atoms with Gasteiger partial charge in [-0.25, -0.2) is 0 Å². The Morgan fingerprint density at radius 2 is 1.85 bits per heavy atom. The molecule has 0 saturated heterocycles. The van der Waals surface area contributed by atoms with Crippen LogP contribution in [0, 0.1) is 13.8 Å². The maximum atomic E-state index is 9.77. The minimum atomic E-state index is -0.447. The lowest BCUT2D eigenvalue weighted by Gasteiger charge is -2.32. The van der Waals surface area contributed by atoms with E-state index in [2.05, 4.69) is 13.8 Å². The van der Waals surface area contributed by atoms with E-state index in [0.29, 0.717) is 5.75 Å². The maximum Gasteiger partial charge on any atom is 0.231 e. The highest BCUT2D eigenvalue weighted by Gasteiger charge is 2.30. The lowest BCUT2D eigenvalue weighted by Crippen LogP contribution is -2.39. The van der Waals surface area contributed by atoms with Gasteiger partial charge in [0.25, 0.3) is 0 Å². The normalized spacial score (nSPS) is 23.9. The summed E-state index contributed by atoms with van der Waals surface area (Å²) in [6.45, 7) is 4.23. The van der Waals surface area contributed by atoms with Gasteiger partial charge in [0.15, 0.2) is 11.5 Å². The molecular weight excluding hydrogens is 332 g/mol. The van der Waals surface area contributed by atoms with Gasteiger partial charge >= 0.3 is 0 Å². The standard InChI is InChI=1S/C21H22O5/c1-13-3-5-16(9-14(13)2)25-19-8-7-17(26-21(19)11-22)15-4-6-18-20(10-15)24-12-23-18/h3-10,17,19,21-22H,11-12H2,1-2H3/t17-,19-,21+/m0/s1. The number of fused-ring (bicyclic) bond motifs is 1. The van der Waals surface area contributed by atoms with Crippen LogP contribution in [0.25, 0.3) is 0 Å². The lowest BCUT2D eigenvalue weighted by molar-refractivity contribution is -0.0732. The molecule has 2 aromatic rings. The fourth-order valence-electron chi connectivity index (χ4n) is 3.13. The Hall–Kier alpha value is -2.50. The summed E-state index contributed by atoms with van der Waals surface area (Å²) < 4.78 is 22.9. The first-order valence-corrected chi connectivity index (χ1v) is 8.72. The van der Waals surface area contributed by atoms with Crippen LogP contribution < -0.4 is 14.2 Å². The Balaban J connectivity index is 1.52. The van der Waals surface area contributed by atoms with Crippen LogP contribution in [-0.2, 0) is 4.74 Å². The summed E-state index contributed by atoms with van der Waals surface area (Å²) >= 11 is 0. The predicted octanol–water partition coefficient (Wildman–Crippen LogP) is 3.47. The van der Waals surface area contributed by atoms with Crippen molar-refractivity contribution in [1.29, 1.82) is 0 Å². The third-order valence-corrected chi connectivity index (χ3v) is 4.82. The van der Waals surface area contributed by atoms with E-state index in [1.807, 2.05) is 48.6 Å². The number of hydrogen-bond acceptors (Lipinski definition) is 5. The van der Waals surface area contributed by atoms with Crippen molar-refractivity contribution in [3.8, 4) is 17.2 Å². The zero-order chi connectivity index (χ0) is 18.1. The summed E-state index contributed by atoms with van der Waals surface area (Å²) in [7, 11) is 0.